The third kappa shape index (κ3) is 3.81. The highest BCUT2D eigenvalue weighted by Crippen LogP contribution is 2.33. The number of likely N-dealkylation sites (tertiary alicyclic amines) is 1. The summed E-state index contributed by atoms with van der Waals surface area (Å²) in [5.41, 5.74) is -0.208. The number of nitriles is 1. The van der Waals surface area contributed by atoms with Gasteiger partial charge in [0.2, 0.25) is 0 Å². The van der Waals surface area contributed by atoms with E-state index in [1.807, 2.05) is 27.0 Å². The van der Waals surface area contributed by atoms with Crippen molar-refractivity contribution in [3.8, 4) is 6.07 Å². The van der Waals surface area contributed by atoms with Crippen LogP contribution < -0.4 is 5.32 Å². The Kier molecular flexibility index (Phi) is 4.31. The summed E-state index contributed by atoms with van der Waals surface area (Å²) in [7, 11) is 0. The first-order chi connectivity index (χ1) is 7.82. The van der Waals surface area contributed by atoms with Gasteiger partial charge in [0.25, 0.3) is 0 Å². The molecule has 96 valence electrons. The van der Waals surface area contributed by atoms with Crippen molar-refractivity contribution in [2.45, 2.75) is 43.9 Å². The van der Waals surface area contributed by atoms with Crippen LogP contribution in [0.15, 0.2) is 0 Å². The number of piperidine rings is 1. The Bertz CT molecular complexity index is 322. The molecule has 1 fully saturated rings. The second-order valence-corrected chi connectivity index (χ2v) is 6.67. The fraction of sp³-hybridized carbons (Fsp3) is 0.833. The first-order valence-electron chi connectivity index (χ1n) is 5.85. The zero-order valence-corrected chi connectivity index (χ0v) is 11.9. The molecule has 0 atom stereocenters. The normalized spacial score (nSPS) is 19.6. The smallest absolute Gasteiger partial charge is 0.317 e. The quantitative estimate of drug-likeness (QED) is 0.781. The number of nitrogens with zero attached hydrogens (tertiary/aromatic N) is 2. The van der Waals surface area contributed by atoms with Gasteiger partial charge >= 0.3 is 6.03 Å². The van der Waals surface area contributed by atoms with Crippen molar-refractivity contribution in [2.75, 3.05) is 19.3 Å². The van der Waals surface area contributed by atoms with Crippen LogP contribution in [0.3, 0.4) is 0 Å². The third-order valence-electron chi connectivity index (χ3n) is 2.93. The second kappa shape index (κ2) is 5.18. The highest BCUT2D eigenvalue weighted by atomic mass is 32.2. The molecule has 5 heteroatoms. The maximum absolute atomic E-state index is 11.9. The number of hydrogen-bond acceptors (Lipinski definition) is 3. The fourth-order valence-electron chi connectivity index (χ4n) is 1.83. The molecule has 0 saturated carbocycles. The lowest BCUT2D eigenvalue weighted by Crippen LogP contribution is -2.52. The maximum Gasteiger partial charge on any atom is 0.317 e. The van der Waals surface area contributed by atoms with E-state index >= 15 is 0 Å². The van der Waals surface area contributed by atoms with Crippen LogP contribution in [0.5, 0.6) is 0 Å². The number of urea groups is 1. The summed E-state index contributed by atoms with van der Waals surface area (Å²) in [5.74, 6) is 0. The SMILES string of the molecule is CSC1(C#N)CCN(C(=O)NC(C)(C)C)CC1. The van der Waals surface area contributed by atoms with Crippen molar-refractivity contribution in [1.82, 2.24) is 10.2 Å². The lowest BCUT2D eigenvalue weighted by Gasteiger charge is -2.37. The number of hydrogen-bond donors (Lipinski definition) is 1. The predicted octanol–water partition coefficient (Wildman–Crippen LogP) is 2.22. The summed E-state index contributed by atoms with van der Waals surface area (Å²) in [5, 5.41) is 12.1. The number of nitrogens with one attached hydrogen (secondary N) is 1. The van der Waals surface area contributed by atoms with Crippen molar-refractivity contribution < 1.29 is 4.79 Å². The van der Waals surface area contributed by atoms with Gasteiger partial charge in [-0.3, -0.25) is 0 Å². The Morgan fingerprint density at radius 2 is 1.94 bits per heavy atom. The number of carbonyl (C=O) groups is 1. The van der Waals surface area contributed by atoms with Crippen molar-refractivity contribution >= 4 is 17.8 Å². The average molecular weight is 255 g/mol. The first-order valence-corrected chi connectivity index (χ1v) is 7.08. The van der Waals surface area contributed by atoms with E-state index in [9.17, 15) is 4.79 Å². The highest BCUT2D eigenvalue weighted by Gasteiger charge is 2.35. The van der Waals surface area contributed by atoms with Gasteiger partial charge in [-0.2, -0.15) is 5.26 Å². The van der Waals surface area contributed by atoms with E-state index in [4.69, 9.17) is 5.26 Å². The van der Waals surface area contributed by atoms with E-state index in [0.29, 0.717) is 13.1 Å². The second-order valence-electron chi connectivity index (χ2n) is 5.48. The van der Waals surface area contributed by atoms with Gasteiger partial charge in [0.15, 0.2) is 0 Å². The molecule has 1 rings (SSSR count). The Morgan fingerprint density at radius 3 is 2.29 bits per heavy atom. The molecule has 4 nitrogen and oxygen atoms in total. The molecule has 0 aromatic heterocycles. The molecule has 0 radical (unpaired) electrons. The summed E-state index contributed by atoms with van der Waals surface area (Å²) in [4.78, 5) is 13.7. The molecule has 0 bridgehead atoms. The molecule has 1 heterocycles. The van der Waals surface area contributed by atoms with E-state index < -0.39 is 0 Å². The van der Waals surface area contributed by atoms with Crippen LogP contribution in [0, 0.1) is 11.3 Å². The van der Waals surface area contributed by atoms with Crippen molar-refractivity contribution in [2.24, 2.45) is 0 Å². The molecule has 0 aliphatic carbocycles. The van der Waals surface area contributed by atoms with Crippen LogP contribution in [0.2, 0.25) is 0 Å². The Labute approximate surface area is 108 Å². The predicted molar refractivity (Wildman–Crippen MR) is 71.0 cm³/mol. The van der Waals surface area contributed by atoms with Crippen LogP contribution in [-0.2, 0) is 0 Å². The standard InChI is InChI=1S/C12H21N3OS/c1-11(2,3)14-10(16)15-7-5-12(9-13,17-4)6-8-15/h5-8H2,1-4H3,(H,14,16). The van der Waals surface area contributed by atoms with Crippen LogP contribution in [0.4, 0.5) is 4.79 Å². The molecule has 0 aromatic rings. The summed E-state index contributed by atoms with van der Waals surface area (Å²) in [6.45, 7) is 7.23. The molecule has 0 unspecified atom stereocenters. The Hall–Kier alpha value is -0.890. The summed E-state index contributed by atoms with van der Waals surface area (Å²) >= 11 is 1.60. The van der Waals surface area contributed by atoms with Crippen LogP contribution in [-0.4, -0.2) is 40.6 Å². The zero-order chi connectivity index (χ0) is 13.1. The maximum atomic E-state index is 11.9. The largest absolute Gasteiger partial charge is 0.333 e. The molecular weight excluding hydrogens is 234 g/mol. The van der Waals surface area contributed by atoms with Gasteiger partial charge in [-0.1, -0.05) is 0 Å². The van der Waals surface area contributed by atoms with E-state index in [2.05, 4.69) is 11.4 Å². The summed E-state index contributed by atoms with van der Waals surface area (Å²) < 4.78 is -0.293. The van der Waals surface area contributed by atoms with E-state index in [1.165, 1.54) is 0 Å². The number of rotatable bonds is 1. The molecule has 1 aliphatic rings. The van der Waals surface area contributed by atoms with Crippen LogP contribution in [0.25, 0.3) is 0 Å². The van der Waals surface area contributed by atoms with E-state index in [1.54, 1.807) is 16.7 Å². The van der Waals surface area contributed by atoms with Gasteiger partial charge in [0, 0.05) is 18.6 Å². The van der Waals surface area contributed by atoms with Gasteiger partial charge in [0.05, 0.1) is 6.07 Å². The number of amides is 2. The lowest BCUT2D eigenvalue weighted by atomic mass is 9.97. The van der Waals surface area contributed by atoms with Crippen molar-refractivity contribution in [3.05, 3.63) is 0 Å². The molecule has 1 N–H and O–H groups in total. The Morgan fingerprint density at radius 1 is 1.41 bits per heavy atom. The van der Waals surface area contributed by atoms with Gasteiger partial charge in [-0.25, -0.2) is 4.79 Å². The molecular formula is C12H21N3OS. The van der Waals surface area contributed by atoms with E-state index in [0.717, 1.165) is 12.8 Å². The molecule has 17 heavy (non-hydrogen) atoms. The molecule has 0 spiro atoms. The van der Waals surface area contributed by atoms with Crippen LogP contribution in [0.1, 0.15) is 33.6 Å². The summed E-state index contributed by atoms with van der Waals surface area (Å²) in [6, 6.07) is 2.36. The minimum absolute atomic E-state index is 0.0230. The number of carbonyl (C=O) groups excluding carboxylic acids is 1. The van der Waals surface area contributed by atoms with Gasteiger partial charge in [-0.05, 0) is 39.9 Å². The van der Waals surface area contributed by atoms with Crippen molar-refractivity contribution in [3.63, 3.8) is 0 Å². The van der Waals surface area contributed by atoms with Gasteiger partial charge in [-0.15, -0.1) is 11.8 Å². The highest BCUT2D eigenvalue weighted by molar-refractivity contribution is 8.00. The van der Waals surface area contributed by atoms with Crippen LogP contribution >= 0.6 is 11.8 Å². The molecule has 0 aromatic carbocycles. The average Bonchev–Trinajstić information content (AvgIpc) is 2.27. The molecule has 1 aliphatic heterocycles. The minimum atomic E-state index is -0.293. The fourth-order valence-corrected chi connectivity index (χ4v) is 2.51. The lowest BCUT2D eigenvalue weighted by molar-refractivity contribution is 0.174. The van der Waals surface area contributed by atoms with Gasteiger partial charge < -0.3 is 10.2 Å². The topological polar surface area (TPSA) is 56.1 Å². The Balaban J connectivity index is 2.53. The number of thioether (sulfide) groups is 1. The monoisotopic (exact) mass is 255 g/mol. The van der Waals surface area contributed by atoms with E-state index in [-0.39, 0.29) is 16.3 Å². The minimum Gasteiger partial charge on any atom is -0.333 e. The molecule has 1 saturated heterocycles. The summed E-state index contributed by atoms with van der Waals surface area (Å²) in [6.07, 6.45) is 3.47. The van der Waals surface area contributed by atoms with Gasteiger partial charge in [0.1, 0.15) is 4.75 Å². The third-order valence-corrected chi connectivity index (χ3v) is 4.22. The zero-order valence-electron chi connectivity index (χ0n) is 11.0. The molecule has 2 amide bonds. The van der Waals surface area contributed by atoms with Crippen molar-refractivity contribution in [1.29, 1.82) is 5.26 Å². The first kappa shape index (κ1) is 14.2.